The third kappa shape index (κ3) is 4.13. The van der Waals surface area contributed by atoms with Crippen molar-refractivity contribution in [1.82, 2.24) is 24.9 Å². The summed E-state index contributed by atoms with van der Waals surface area (Å²) in [5, 5.41) is 12.5. The largest absolute Gasteiger partial charge is 0.477 e. The summed E-state index contributed by atoms with van der Waals surface area (Å²) in [5.41, 5.74) is 2.38. The van der Waals surface area contributed by atoms with Crippen molar-refractivity contribution in [3.63, 3.8) is 0 Å². The lowest BCUT2D eigenvalue weighted by Gasteiger charge is -2.20. The molecule has 0 saturated carbocycles. The van der Waals surface area contributed by atoms with Crippen LogP contribution in [0.1, 0.15) is 35.5 Å². The van der Waals surface area contributed by atoms with Crippen molar-refractivity contribution in [2.75, 3.05) is 13.2 Å². The van der Waals surface area contributed by atoms with Crippen LogP contribution in [0.25, 0.3) is 5.82 Å². The molecule has 0 bridgehead atoms. The molecule has 0 N–H and O–H groups in total. The van der Waals surface area contributed by atoms with Crippen molar-refractivity contribution in [1.29, 1.82) is 0 Å². The van der Waals surface area contributed by atoms with Crippen molar-refractivity contribution >= 4 is 5.91 Å². The molecule has 2 heterocycles. The Morgan fingerprint density at radius 1 is 1.11 bits per heavy atom. The van der Waals surface area contributed by atoms with E-state index in [1.54, 1.807) is 27.9 Å². The van der Waals surface area contributed by atoms with Gasteiger partial charge in [0.05, 0.1) is 24.1 Å². The first-order valence-corrected chi connectivity index (χ1v) is 8.98. The predicted molar refractivity (Wildman–Crippen MR) is 102 cm³/mol. The van der Waals surface area contributed by atoms with Gasteiger partial charge in [-0.1, -0.05) is 30.3 Å². The van der Waals surface area contributed by atoms with Crippen LogP contribution < -0.4 is 4.74 Å². The lowest BCUT2D eigenvalue weighted by atomic mass is 10.2. The van der Waals surface area contributed by atoms with Gasteiger partial charge >= 0.3 is 0 Å². The van der Waals surface area contributed by atoms with E-state index in [1.807, 2.05) is 51.1 Å². The number of rotatable bonds is 7. The third-order valence-electron chi connectivity index (χ3n) is 4.26. The number of aromatic nitrogens is 4. The van der Waals surface area contributed by atoms with E-state index in [1.165, 1.54) is 0 Å². The Hall–Kier alpha value is -3.22. The molecule has 1 aromatic carbocycles. The van der Waals surface area contributed by atoms with E-state index >= 15 is 0 Å². The van der Waals surface area contributed by atoms with Crippen molar-refractivity contribution < 1.29 is 9.53 Å². The minimum absolute atomic E-state index is 0.0519. The van der Waals surface area contributed by atoms with Gasteiger partial charge in [0.15, 0.2) is 5.82 Å². The molecular formula is C20H23N5O2. The van der Waals surface area contributed by atoms with Crippen molar-refractivity contribution in [3.8, 4) is 11.7 Å². The number of hydrogen-bond acceptors (Lipinski definition) is 5. The van der Waals surface area contributed by atoms with Crippen molar-refractivity contribution in [2.45, 2.75) is 27.3 Å². The molecule has 0 aliphatic rings. The monoisotopic (exact) mass is 365 g/mol. The average molecular weight is 365 g/mol. The zero-order valence-corrected chi connectivity index (χ0v) is 15.8. The topological polar surface area (TPSA) is 73.1 Å². The Bertz CT molecular complexity index is 890. The van der Waals surface area contributed by atoms with E-state index in [2.05, 4.69) is 15.3 Å². The maximum Gasteiger partial charge on any atom is 0.257 e. The molecule has 0 atom stereocenters. The fourth-order valence-corrected chi connectivity index (χ4v) is 2.80. The molecule has 3 aromatic rings. The first kappa shape index (κ1) is 18.6. The van der Waals surface area contributed by atoms with Crippen LogP contribution in [0.3, 0.4) is 0 Å². The molecule has 0 unspecified atom stereocenters. The molecule has 7 heteroatoms. The predicted octanol–water partition coefficient (Wildman–Crippen LogP) is 3.03. The summed E-state index contributed by atoms with van der Waals surface area (Å²) in [6.45, 7) is 7.42. The SMILES string of the molecule is CCOc1ccc(-n2ncc(C(=O)N(CC)Cc3ccccc3)c2C)nn1. The molecule has 1 amide bonds. The van der Waals surface area contributed by atoms with Crippen LogP contribution in [0.15, 0.2) is 48.7 Å². The minimum Gasteiger partial charge on any atom is -0.477 e. The van der Waals surface area contributed by atoms with Gasteiger partial charge in [0.2, 0.25) is 5.88 Å². The van der Waals surface area contributed by atoms with Gasteiger partial charge in [-0.15, -0.1) is 10.2 Å². The van der Waals surface area contributed by atoms with Gasteiger partial charge in [-0.25, -0.2) is 4.68 Å². The Labute approximate surface area is 158 Å². The summed E-state index contributed by atoms with van der Waals surface area (Å²) in [5.74, 6) is 0.951. The first-order valence-electron chi connectivity index (χ1n) is 8.98. The summed E-state index contributed by atoms with van der Waals surface area (Å²) in [4.78, 5) is 14.8. The normalized spacial score (nSPS) is 10.6. The van der Waals surface area contributed by atoms with E-state index in [0.717, 1.165) is 11.3 Å². The highest BCUT2D eigenvalue weighted by molar-refractivity contribution is 5.95. The van der Waals surface area contributed by atoms with E-state index in [4.69, 9.17) is 4.74 Å². The number of carbonyl (C=O) groups is 1. The molecule has 0 radical (unpaired) electrons. The minimum atomic E-state index is -0.0519. The Morgan fingerprint density at radius 3 is 2.52 bits per heavy atom. The Balaban J connectivity index is 1.81. The molecule has 0 saturated heterocycles. The quantitative estimate of drug-likeness (QED) is 0.643. The van der Waals surface area contributed by atoms with Gasteiger partial charge in [-0.3, -0.25) is 4.79 Å². The Kier molecular flexibility index (Phi) is 5.80. The molecule has 0 aliphatic carbocycles. The van der Waals surface area contributed by atoms with Gasteiger partial charge in [0.1, 0.15) is 0 Å². The number of amides is 1. The molecule has 0 spiro atoms. The third-order valence-corrected chi connectivity index (χ3v) is 4.26. The maximum atomic E-state index is 13.0. The number of benzene rings is 1. The number of ether oxygens (including phenoxy) is 1. The van der Waals surface area contributed by atoms with Crippen LogP contribution in [0.4, 0.5) is 0 Å². The van der Waals surface area contributed by atoms with Crippen LogP contribution in [0.5, 0.6) is 5.88 Å². The van der Waals surface area contributed by atoms with Gasteiger partial charge in [0.25, 0.3) is 5.91 Å². The standard InChI is InChI=1S/C20H23N5O2/c1-4-24(14-16-9-7-6-8-10-16)20(26)17-13-21-25(15(17)3)18-11-12-19(23-22-18)27-5-2/h6-13H,4-5,14H2,1-3H3. The molecule has 0 aliphatic heterocycles. The molecule has 7 nitrogen and oxygen atoms in total. The zero-order chi connectivity index (χ0) is 19.2. The molecule has 140 valence electrons. The number of carbonyl (C=O) groups excluding carboxylic acids is 1. The highest BCUT2D eigenvalue weighted by Crippen LogP contribution is 2.17. The lowest BCUT2D eigenvalue weighted by molar-refractivity contribution is 0.0752. The van der Waals surface area contributed by atoms with Gasteiger partial charge in [-0.2, -0.15) is 5.10 Å². The summed E-state index contributed by atoms with van der Waals surface area (Å²) in [6.07, 6.45) is 1.59. The van der Waals surface area contributed by atoms with E-state index in [-0.39, 0.29) is 5.91 Å². The van der Waals surface area contributed by atoms with Crippen LogP contribution in [0.2, 0.25) is 0 Å². The van der Waals surface area contributed by atoms with Crippen molar-refractivity contribution in [3.05, 3.63) is 65.5 Å². The molecule has 3 rings (SSSR count). The first-order chi connectivity index (χ1) is 13.1. The molecule has 0 fully saturated rings. The highest BCUT2D eigenvalue weighted by Gasteiger charge is 2.21. The van der Waals surface area contributed by atoms with E-state index in [9.17, 15) is 4.79 Å². The van der Waals surface area contributed by atoms with E-state index in [0.29, 0.717) is 37.0 Å². The fraction of sp³-hybridized carbons (Fsp3) is 0.300. The smallest absolute Gasteiger partial charge is 0.257 e. The summed E-state index contributed by atoms with van der Waals surface area (Å²) in [6, 6.07) is 13.5. The van der Waals surface area contributed by atoms with Gasteiger partial charge < -0.3 is 9.64 Å². The van der Waals surface area contributed by atoms with Crippen LogP contribution in [-0.2, 0) is 6.54 Å². The lowest BCUT2D eigenvalue weighted by Crippen LogP contribution is -2.30. The second kappa shape index (κ2) is 8.44. The highest BCUT2D eigenvalue weighted by atomic mass is 16.5. The van der Waals surface area contributed by atoms with Crippen LogP contribution in [-0.4, -0.2) is 43.9 Å². The van der Waals surface area contributed by atoms with Crippen molar-refractivity contribution in [2.24, 2.45) is 0 Å². The molecular weight excluding hydrogens is 342 g/mol. The second-order valence-electron chi connectivity index (χ2n) is 6.02. The van der Waals surface area contributed by atoms with Crippen LogP contribution >= 0.6 is 0 Å². The molecule has 2 aromatic heterocycles. The number of nitrogens with zero attached hydrogens (tertiary/aromatic N) is 5. The van der Waals surface area contributed by atoms with Gasteiger partial charge in [-0.05, 0) is 32.4 Å². The van der Waals surface area contributed by atoms with E-state index < -0.39 is 0 Å². The summed E-state index contributed by atoms with van der Waals surface area (Å²) in [7, 11) is 0. The zero-order valence-electron chi connectivity index (χ0n) is 15.8. The Morgan fingerprint density at radius 2 is 1.89 bits per heavy atom. The van der Waals surface area contributed by atoms with Gasteiger partial charge in [0, 0.05) is 19.2 Å². The molecule has 27 heavy (non-hydrogen) atoms. The average Bonchev–Trinajstić information content (AvgIpc) is 3.08. The number of hydrogen-bond donors (Lipinski definition) is 0. The summed E-state index contributed by atoms with van der Waals surface area (Å²) >= 11 is 0. The maximum absolute atomic E-state index is 13.0. The second-order valence-corrected chi connectivity index (χ2v) is 6.02. The fourth-order valence-electron chi connectivity index (χ4n) is 2.80. The van der Waals surface area contributed by atoms with Crippen LogP contribution in [0, 0.1) is 6.92 Å². The summed E-state index contributed by atoms with van der Waals surface area (Å²) < 4.78 is 6.93.